The number of anilines is 1. The first kappa shape index (κ1) is 18.9. The number of rotatable bonds is 5. The van der Waals surface area contributed by atoms with Gasteiger partial charge < -0.3 is 15.0 Å². The number of hydrogen-bond acceptors (Lipinski definition) is 4. The van der Waals surface area contributed by atoms with E-state index in [9.17, 15) is 13.2 Å². The van der Waals surface area contributed by atoms with Crippen LogP contribution in [0.15, 0.2) is 53.4 Å². The van der Waals surface area contributed by atoms with Crippen molar-refractivity contribution in [2.24, 2.45) is 5.92 Å². The Morgan fingerprint density at radius 1 is 1.07 bits per heavy atom. The summed E-state index contributed by atoms with van der Waals surface area (Å²) in [6.45, 7) is 2.79. The number of amides is 2. The zero-order valence-corrected chi connectivity index (χ0v) is 16.2. The van der Waals surface area contributed by atoms with Crippen molar-refractivity contribution in [3.8, 4) is 0 Å². The zero-order chi connectivity index (χ0) is 19.6. The van der Waals surface area contributed by atoms with Crippen molar-refractivity contribution in [1.82, 2.24) is 9.62 Å². The van der Waals surface area contributed by atoms with E-state index in [0.29, 0.717) is 38.5 Å². The van der Waals surface area contributed by atoms with Gasteiger partial charge in [0, 0.05) is 31.9 Å². The molecule has 2 heterocycles. The quantitative estimate of drug-likeness (QED) is 0.806. The molecule has 1 atom stereocenters. The van der Waals surface area contributed by atoms with Crippen LogP contribution in [0.1, 0.15) is 17.5 Å². The number of hydrogen-bond donors (Lipinski definition) is 2. The van der Waals surface area contributed by atoms with E-state index in [1.807, 2.05) is 24.3 Å². The Morgan fingerprint density at radius 2 is 1.75 bits per heavy atom. The van der Waals surface area contributed by atoms with Crippen LogP contribution in [0.4, 0.5) is 10.5 Å². The van der Waals surface area contributed by atoms with Gasteiger partial charge in [-0.15, -0.1) is 0 Å². The molecular formula is C20H23N3O4S. The predicted octanol–water partition coefficient (Wildman–Crippen LogP) is 2.55. The number of urea groups is 1. The lowest BCUT2D eigenvalue weighted by Crippen LogP contribution is -2.30. The van der Waals surface area contributed by atoms with E-state index < -0.39 is 10.0 Å². The molecule has 2 aliphatic heterocycles. The number of nitrogens with zero attached hydrogens (tertiary/aromatic N) is 1. The largest absolute Gasteiger partial charge is 0.381 e. The second kappa shape index (κ2) is 7.90. The first-order chi connectivity index (χ1) is 13.5. The number of benzene rings is 2. The Balaban J connectivity index is 1.35. The molecule has 0 aromatic heterocycles. The molecule has 0 bridgehead atoms. The maximum absolute atomic E-state index is 12.5. The van der Waals surface area contributed by atoms with Crippen molar-refractivity contribution in [3.63, 3.8) is 0 Å². The van der Waals surface area contributed by atoms with Crippen molar-refractivity contribution in [2.75, 3.05) is 25.1 Å². The van der Waals surface area contributed by atoms with Crippen molar-refractivity contribution in [2.45, 2.75) is 24.4 Å². The molecule has 0 radical (unpaired) electrons. The minimum atomic E-state index is -3.57. The molecule has 1 unspecified atom stereocenters. The van der Waals surface area contributed by atoms with Gasteiger partial charge in [0.1, 0.15) is 0 Å². The lowest BCUT2D eigenvalue weighted by molar-refractivity contribution is 0.186. The summed E-state index contributed by atoms with van der Waals surface area (Å²) in [4.78, 5) is 14.4. The third-order valence-corrected chi connectivity index (χ3v) is 6.57. The van der Waals surface area contributed by atoms with Crippen molar-refractivity contribution in [3.05, 3.63) is 59.7 Å². The van der Waals surface area contributed by atoms with Gasteiger partial charge in [0.2, 0.25) is 10.0 Å². The zero-order valence-electron chi connectivity index (χ0n) is 15.4. The molecule has 2 amide bonds. The van der Waals surface area contributed by atoms with Crippen LogP contribution in [0.25, 0.3) is 0 Å². The van der Waals surface area contributed by atoms with Crippen LogP contribution in [-0.4, -0.2) is 39.1 Å². The van der Waals surface area contributed by atoms with E-state index >= 15 is 0 Å². The summed E-state index contributed by atoms with van der Waals surface area (Å²) in [6, 6.07) is 14.0. The molecule has 2 aromatic rings. The van der Waals surface area contributed by atoms with E-state index in [4.69, 9.17) is 4.74 Å². The molecule has 0 spiro atoms. The Hall–Kier alpha value is -2.42. The van der Waals surface area contributed by atoms with E-state index in [1.54, 1.807) is 17.0 Å². The summed E-state index contributed by atoms with van der Waals surface area (Å²) in [6.07, 6.45) is 0.869. The van der Waals surface area contributed by atoms with Gasteiger partial charge in [-0.05, 0) is 47.7 Å². The molecule has 2 N–H and O–H groups in total. The number of sulfonamides is 1. The number of carbonyl (C=O) groups excluding carboxylic acids is 1. The molecule has 1 fully saturated rings. The van der Waals surface area contributed by atoms with Crippen molar-refractivity contribution >= 4 is 21.7 Å². The molecule has 0 aliphatic carbocycles. The SMILES string of the molecule is O=C(Nc1ccc(S(=O)(=O)NCC2CCOC2)cc1)N1Cc2ccccc2C1. The summed E-state index contributed by atoms with van der Waals surface area (Å²) < 4.78 is 32.7. The third kappa shape index (κ3) is 4.19. The highest BCUT2D eigenvalue weighted by atomic mass is 32.2. The molecular weight excluding hydrogens is 378 g/mol. The van der Waals surface area contributed by atoms with Gasteiger partial charge in [-0.3, -0.25) is 0 Å². The fraction of sp³-hybridized carbons (Fsp3) is 0.350. The lowest BCUT2D eigenvalue weighted by Gasteiger charge is -2.16. The van der Waals surface area contributed by atoms with Gasteiger partial charge in [-0.1, -0.05) is 24.3 Å². The smallest absolute Gasteiger partial charge is 0.322 e. The highest BCUT2D eigenvalue weighted by Crippen LogP contribution is 2.23. The maximum atomic E-state index is 12.5. The Labute approximate surface area is 164 Å². The molecule has 0 saturated carbocycles. The van der Waals surface area contributed by atoms with E-state index in [0.717, 1.165) is 17.5 Å². The number of carbonyl (C=O) groups is 1. The molecule has 2 aromatic carbocycles. The predicted molar refractivity (Wildman–Crippen MR) is 105 cm³/mol. The molecule has 7 nitrogen and oxygen atoms in total. The molecule has 1 saturated heterocycles. The van der Waals surface area contributed by atoms with Crippen LogP contribution < -0.4 is 10.0 Å². The van der Waals surface area contributed by atoms with Crippen LogP contribution in [0.2, 0.25) is 0 Å². The summed E-state index contributed by atoms with van der Waals surface area (Å²) in [5.74, 6) is 0.220. The van der Waals surface area contributed by atoms with Crippen LogP contribution in [0.3, 0.4) is 0 Å². The average Bonchev–Trinajstić information content (AvgIpc) is 3.36. The number of nitrogens with one attached hydrogen (secondary N) is 2. The topological polar surface area (TPSA) is 87.7 Å². The second-order valence-electron chi connectivity index (χ2n) is 7.16. The highest BCUT2D eigenvalue weighted by Gasteiger charge is 2.23. The van der Waals surface area contributed by atoms with Crippen LogP contribution in [-0.2, 0) is 27.8 Å². The lowest BCUT2D eigenvalue weighted by atomic mass is 10.1. The fourth-order valence-electron chi connectivity index (χ4n) is 3.45. The van der Waals surface area contributed by atoms with Crippen LogP contribution >= 0.6 is 0 Å². The van der Waals surface area contributed by atoms with E-state index in [1.165, 1.54) is 12.1 Å². The van der Waals surface area contributed by atoms with Gasteiger partial charge in [-0.2, -0.15) is 0 Å². The minimum Gasteiger partial charge on any atom is -0.381 e. The monoisotopic (exact) mass is 401 g/mol. The Bertz CT molecular complexity index is 929. The molecule has 4 rings (SSSR count). The van der Waals surface area contributed by atoms with E-state index in [2.05, 4.69) is 10.0 Å². The summed E-state index contributed by atoms with van der Waals surface area (Å²) in [7, 11) is -3.57. The first-order valence-electron chi connectivity index (χ1n) is 9.31. The molecule has 8 heteroatoms. The maximum Gasteiger partial charge on any atom is 0.322 e. The van der Waals surface area contributed by atoms with Crippen LogP contribution in [0.5, 0.6) is 0 Å². The summed E-state index contributed by atoms with van der Waals surface area (Å²) in [5, 5.41) is 2.83. The molecule has 148 valence electrons. The molecule has 2 aliphatic rings. The second-order valence-corrected chi connectivity index (χ2v) is 8.93. The first-order valence-corrected chi connectivity index (χ1v) is 10.8. The highest BCUT2D eigenvalue weighted by molar-refractivity contribution is 7.89. The van der Waals surface area contributed by atoms with Gasteiger partial charge in [0.05, 0.1) is 11.5 Å². The van der Waals surface area contributed by atoms with Gasteiger partial charge in [-0.25, -0.2) is 17.9 Å². The average molecular weight is 401 g/mol. The Kier molecular flexibility index (Phi) is 5.34. The van der Waals surface area contributed by atoms with Gasteiger partial charge >= 0.3 is 6.03 Å². The minimum absolute atomic E-state index is 0.179. The van der Waals surface area contributed by atoms with Gasteiger partial charge in [0.15, 0.2) is 0 Å². The van der Waals surface area contributed by atoms with Crippen molar-refractivity contribution in [1.29, 1.82) is 0 Å². The van der Waals surface area contributed by atoms with Gasteiger partial charge in [0.25, 0.3) is 0 Å². The summed E-state index contributed by atoms with van der Waals surface area (Å²) in [5.41, 5.74) is 2.86. The number of ether oxygens (including phenoxy) is 1. The Morgan fingerprint density at radius 3 is 2.36 bits per heavy atom. The molecule has 28 heavy (non-hydrogen) atoms. The fourth-order valence-corrected chi connectivity index (χ4v) is 4.57. The van der Waals surface area contributed by atoms with Crippen molar-refractivity contribution < 1.29 is 17.9 Å². The normalized spacial score (nSPS) is 18.9. The van der Waals surface area contributed by atoms with Crippen LogP contribution in [0, 0.1) is 5.92 Å². The standard InChI is InChI=1S/C20H23N3O4S/c24-20(23-12-16-3-1-2-4-17(16)13-23)22-18-5-7-19(8-6-18)28(25,26)21-11-15-9-10-27-14-15/h1-8,15,21H,9-14H2,(H,22,24). The van der Waals surface area contributed by atoms with E-state index in [-0.39, 0.29) is 16.8 Å². The number of fused-ring (bicyclic) bond motifs is 1. The third-order valence-electron chi connectivity index (χ3n) is 5.13. The summed E-state index contributed by atoms with van der Waals surface area (Å²) >= 11 is 0.